The van der Waals surface area contributed by atoms with Gasteiger partial charge in [0.1, 0.15) is 6.10 Å². The van der Waals surface area contributed by atoms with E-state index >= 15 is 0 Å². The number of para-hydroxylation sites is 2. The Morgan fingerprint density at radius 1 is 1.17 bits per heavy atom. The largest absolute Gasteiger partial charge is 0.493 e. The fourth-order valence-electron chi connectivity index (χ4n) is 2.68. The Balaban J connectivity index is 0.00000208. The van der Waals surface area contributed by atoms with Crippen LogP contribution in [0, 0.1) is 0 Å². The van der Waals surface area contributed by atoms with Gasteiger partial charge in [0.05, 0.1) is 13.7 Å². The lowest BCUT2D eigenvalue weighted by atomic mass is 10.0. The third kappa shape index (κ3) is 4.54. The number of nitrogens with one attached hydrogen (secondary N) is 1. The summed E-state index contributed by atoms with van der Waals surface area (Å²) >= 11 is 6.15. The van der Waals surface area contributed by atoms with Gasteiger partial charge in [-0.1, -0.05) is 35.9 Å². The molecule has 2 atom stereocenters. The molecule has 2 aromatic rings. The molecule has 6 heteroatoms. The average Bonchev–Trinajstić information content (AvgIpc) is 2.60. The molecule has 2 unspecified atom stereocenters. The van der Waals surface area contributed by atoms with Gasteiger partial charge < -0.3 is 19.5 Å². The quantitative estimate of drug-likeness (QED) is 0.867. The molecule has 1 aliphatic heterocycles. The highest BCUT2D eigenvalue weighted by Crippen LogP contribution is 2.34. The monoisotopic (exact) mass is 369 g/mol. The smallest absolute Gasteiger partial charge is 0.162 e. The van der Waals surface area contributed by atoms with Crippen LogP contribution >= 0.6 is 24.0 Å². The highest BCUT2D eigenvalue weighted by Gasteiger charge is 2.28. The first-order chi connectivity index (χ1) is 11.3. The van der Waals surface area contributed by atoms with E-state index in [-0.39, 0.29) is 24.6 Å². The Bertz CT molecular complexity index is 648. The van der Waals surface area contributed by atoms with Crippen molar-refractivity contribution in [2.75, 3.05) is 26.8 Å². The summed E-state index contributed by atoms with van der Waals surface area (Å²) in [5.74, 6) is 1.39. The molecule has 0 aliphatic carbocycles. The van der Waals surface area contributed by atoms with Gasteiger partial charge in [0.25, 0.3) is 0 Å². The van der Waals surface area contributed by atoms with Crippen LogP contribution in [0.1, 0.15) is 11.7 Å². The van der Waals surface area contributed by atoms with Crippen molar-refractivity contribution in [3.8, 4) is 11.5 Å². The molecule has 0 radical (unpaired) electrons. The fourth-order valence-corrected chi connectivity index (χ4v) is 2.87. The average molecular weight is 370 g/mol. The highest BCUT2D eigenvalue weighted by molar-refractivity contribution is 6.30. The van der Waals surface area contributed by atoms with Crippen LogP contribution in [-0.2, 0) is 4.74 Å². The molecule has 0 spiro atoms. The second kappa shape index (κ2) is 9.14. The third-order valence-corrected chi connectivity index (χ3v) is 4.03. The Hall–Kier alpha value is -1.46. The molecule has 0 aromatic heterocycles. The number of morpholine rings is 1. The Morgan fingerprint density at radius 2 is 1.96 bits per heavy atom. The normalized spacial score (nSPS) is 18.3. The van der Waals surface area contributed by atoms with E-state index < -0.39 is 0 Å². The van der Waals surface area contributed by atoms with Crippen molar-refractivity contribution < 1.29 is 14.2 Å². The predicted octanol–water partition coefficient (Wildman–Crippen LogP) is 3.88. The summed E-state index contributed by atoms with van der Waals surface area (Å²) in [6.45, 7) is 2.25. The molecule has 0 saturated carbocycles. The van der Waals surface area contributed by atoms with Crippen LogP contribution < -0.4 is 14.8 Å². The zero-order chi connectivity index (χ0) is 16.1. The van der Waals surface area contributed by atoms with E-state index in [0.29, 0.717) is 23.1 Å². The summed E-state index contributed by atoms with van der Waals surface area (Å²) in [5, 5.41) is 4.03. The SMILES string of the molecule is COc1ccccc1OC(c1cccc(Cl)c1)C1CNCCO1.Cl. The van der Waals surface area contributed by atoms with Gasteiger partial charge in [-0.3, -0.25) is 0 Å². The van der Waals surface area contributed by atoms with Gasteiger partial charge in [0.15, 0.2) is 17.6 Å². The summed E-state index contributed by atoms with van der Waals surface area (Å²) in [6.07, 6.45) is -0.357. The lowest BCUT2D eigenvalue weighted by Crippen LogP contribution is -2.43. The maximum absolute atomic E-state index is 6.27. The molecule has 1 saturated heterocycles. The van der Waals surface area contributed by atoms with Gasteiger partial charge in [-0.25, -0.2) is 0 Å². The van der Waals surface area contributed by atoms with Crippen molar-refractivity contribution in [3.63, 3.8) is 0 Å². The minimum atomic E-state index is -0.266. The lowest BCUT2D eigenvalue weighted by Gasteiger charge is -2.32. The van der Waals surface area contributed by atoms with E-state index in [1.807, 2.05) is 48.5 Å². The van der Waals surface area contributed by atoms with Gasteiger partial charge in [-0.2, -0.15) is 0 Å². The third-order valence-electron chi connectivity index (χ3n) is 3.79. The van der Waals surface area contributed by atoms with Crippen molar-refractivity contribution in [3.05, 3.63) is 59.1 Å². The molecular weight excluding hydrogens is 349 g/mol. The lowest BCUT2D eigenvalue weighted by molar-refractivity contribution is -0.0438. The fraction of sp³-hybridized carbons (Fsp3) is 0.333. The number of methoxy groups -OCH3 is 1. The minimum absolute atomic E-state index is 0. The predicted molar refractivity (Wildman–Crippen MR) is 97.7 cm³/mol. The van der Waals surface area contributed by atoms with E-state index in [1.165, 1.54) is 0 Å². The summed E-state index contributed by atoms with van der Waals surface area (Å²) in [7, 11) is 1.63. The number of ether oxygens (including phenoxy) is 3. The van der Waals surface area contributed by atoms with Crippen molar-refractivity contribution in [2.24, 2.45) is 0 Å². The van der Waals surface area contributed by atoms with Crippen LogP contribution in [0.25, 0.3) is 0 Å². The van der Waals surface area contributed by atoms with E-state index in [1.54, 1.807) is 7.11 Å². The second-order valence-corrected chi connectivity index (χ2v) is 5.79. The van der Waals surface area contributed by atoms with Crippen molar-refractivity contribution >= 4 is 24.0 Å². The Morgan fingerprint density at radius 3 is 2.62 bits per heavy atom. The zero-order valence-electron chi connectivity index (χ0n) is 13.4. The molecule has 1 fully saturated rings. The number of benzene rings is 2. The molecule has 0 amide bonds. The molecule has 24 heavy (non-hydrogen) atoms. The number of halogens is 2. The molecule has 3 rings (SSSR count). The van der Waals surface area contributed by atoms with Gasteiger partial charge in [0, 0.05) is 18.1 Å². The van der Waals surface area contributed by atoms with E-state index in [0.717, 1.165) is 18.7 Å². The zero-order valence-corrected chi connectivity index (χ0v) is 15.0. The highest BCUT2D eigenvalue weighted by atomic mass is 35.5. The van der Waals surface area contributed by atoms with Crippen molar-refractivity contribution in [1.82, 2.24) is 5.32 Å². The second-order valence-electron chi connectivity index (χ2n) is 5.36. The molecule has 1 heterocycles. The maximum Gasteiger partial charge on any atom is 0.162 e. The molecule has 1 aliphatic rings. The van der Waals surface area contributed by atoms with Gasteiger partial charge in [0.2, 0.25) is 0 Å². The van der Waals surface area contributed by atoms with Crippen LogP contribution in [0.2, 0.25) is 5.02 Å². The maximum atomic E-state index is 6.27. The van der Waals surface area contributed by atoms with E-state index in [9.17, 15) is 0 Å². The molecule has 130 valence electrons. The summed E-state index contributed by atoms with van der Waals surface area (Å²) < 4.78 is 17.6. The molecule has 1 N–H and O–H groups in total. The summed E-state index contributed by atoms with van der Waals surface area (Å²) in [5.41, 5.74) is 0.983. The van der Waals surface area contributed by atoms with E-state index in [4.69, 9.17) is 25.8 Å². The van der Waals surface area contributed by atoms with Gasteiger partial charge in [-0.15, -0.1) is 12.4 Å². The molecule has 4 nitrogen and oxygen atoms in total. The van der Waals surface area contributed by atoms with Crippen molar-refractivity contribution in [1.29, 1.82) is 0 Å². The molecule has 2 aromatic carbocycles. The minimum Gasteiger partial charge on any atom is -0.493 e. The topological polar surface area (TPSA) is 39.7 Å². The number of rotatable bonds is 5. The Kier molecular flexibility index (Phi) is 7.18. The van der Waals surface area contributed by atoms with Crippen LogP contribution in [0.5, 0.6) is 11.5 Å². The number of hydrogen-bond acceptors (Lipinski definition) is 4. The summed E-state index contributed by atoms with van der Waals surface area (Å²) in [6, 6.07) is 15.3. The summed E-state index contributed by atoms with van der Waals surface area (Å²) in [4.78, 5) is 0. The molecule has 0 bridgehead atoms. The van der Waals surface area contributed by atoms with Gasteiger partial charge >= 0.3 is 0 Å². The van der Waals surface area contributed by atoms with Crippen LogP contribution in [-0.4, -0.2) is 32.9 Å². The van der Waals surface area contributed by atoms with Crippen molar-refractivity contribution in [2.45, 2.75) is 12.2 Å². The number of hydrogen-bond donors (Lipinski definition) is 1. The first-order valence-electron chi connectivity index (χ1n) is 7.65. The van der Waals surface area contributed by atoms with Crippen LogP contribution in [0.15, 0.2) is 48.5 Å². The standard InChI is InChI=1S/C18H20ClNO3.ClH/c1-21-15-7-2-3-8-16(15)23-18(17-12-20-9-10-22-17)13-5-4-6-14(19)11-13;/h2-8,11,17-18,20H,9-10,12H2,1H3;1H. The first-order valence-corrected chi connectivity index (χ1v) is 8.03. The van der Waals surface area contributed by atoms with E-state index in [2.05, 4.69) is 5.32 Å². The first kappa shape index (κ1) is 18.9. The van der Waals surface area contributed by atoms with Crippen LogP contribution in [0.4, 0.5) is 0 Å². The van der Waals surface area contributed by atoms with Crippen LogP contribution in [0.3, 0.4) is 0 Å². The van der Waals surface area contributed by atoms with Gasteiger partial charge in [-0.05, 0) is 29.8 Å². The molecular formula is C18H21Cl2NO3. The Labute approximate surface area is 153 Å².